The number of carbonyl (C=O) groups is 1. The normalized spacial score (nSPS) is 17.5. The molecule has 0 bridgehead atoms. The van der Waals surface area contributed by atoms with Gasteiger partial charge in [-0.25, -0.2) is 23.5 Å². The zero-order chi connectivity index (χ0) is 27.8. The molecule has 0 saturated carbocycles. The highest BCUT2D eigenvalue weighted by atomic mass is 19.3. The lowest BCUT2D eigenvalue weighted by atomic mass is 9.88. The van der Waals surface area contributed by atoms with Crippen molar-refractivity contribution in [1.82, 2.24) is 19.8 Å². The number of urea groups is 1. The van der Waals surface area contributed by atoms with Crippen LogP contribution in [0.1, 0.15) is 38.1 Å². The van der Waals surface area contributed by atoms with Crippen LogP contribution >= 0.6 is 0 Å². The topological polar surface area (TPSA) is 73.8 Å². The number of likely N-dealkylation sites (tertiary alicyclic amines) is 1. The number of fused-ring (bicyclic) bond motifs is 1. The van der Waals surface area contributed by atoms with Crippen LogP contribution in [0.4, 0.5) is 30.9 Å². The third-order valence-electron chi connectivity index (χ3n) is 7.26. The van der Waals surface area contributed by atoms with E-state index in [1.165, 1.54) is 9.80 Å². The highest BCUT2D eigenvalue weighted by Crippen LogP contribution is 2.46. The van der Waals surface area contributed by atoms with Crippen molar-refractivity contribution in [1.29, 1.82) is 0 Å². The van der Waals surface area contributed by atoms with Gasteiger partial charge in [0.15, 0.2) is 5.82 Å². The first-order valence-electron chi connectivity index (χ1n) is 13.1. The molecule has 2 aliphatic rings. The van der Waals surface area contributed by atoms with Crippen LogP contribution in [0, 0.1) is 0 Å². The van der Waals surface area contributed by atoms with Crippen LogP contribution in [0.25, 0.3) is 0 Å². The van der Waals surface area contributed by atoms with E-state index in [1.807, 2.05) is 61.6 Å². The van der Waals surface area contributed by atoms with E-state index in [9.17, 15) is 13.6 Å². The van der Waals surface area contributed by atoms with E-state index in [4.69, 9.17) is 14.7 Å². The van der Waals surface area contributed by atoms with Crippen molar-refractivity contribution in [2.75, 3.05) is 43.9 Å². The number of aromatic nitrogens is 2. The second-order valence-corrected chi connectivity index (χ2v) is 10.8. The number of carbonyl (C=O) groups excluding carboxylic acids is 1. The maximum absolute atomic E-state index is 13.6. The largest absolute Gasteiger partial charge is 0.457 e. The van der Waals surface area contributed by atoms with Crippen molar-refractivity contribution in [3.8, 4) is 11.5 Å². The SMILES string of the molecule is CNc1nc(CN(C)C(=O)N2CCC(F)(F)CC2)nc2c1C(C)(C)CN2c1ccc(Oc2ccccc2)cc1. The molecule has 1 saturated heterocycles. The monoisotopic (exact) mass is 536 g/mol. The maximum atomic E-state index is 13.6. The molecule has 2 aromatic carbocycles. The summed E-state index contributed by atoms with van der Waals surface area (Å²) in [5.41, 5.74) is 1.74. The van der Waals surface area contributed by atoms with Gasteiger partial charge in [-0.05, 0) is 36.4 Å². The van der Waals surface area contributed by atoms with Crippen LogP contribution in [-0.2, 0) is 12.0 Å². The van der Waals surface area contributed by atoms with Crippen molar-refractivity contribution in [3.63, 3.8) is 0 Å². The summed E-state index contributed by atoms with van der Waals surface area (Å²) >= 11 is 0. The number of hydrogen-bond donors (Lipinski definition) is 1. The molecule has 3 heterocycles. The molecule has 0 radical (unpaired) electrons. The lowest BCUT2D eigenvalue weighted by Gasteiger charge is -2.34. The number of ether oxygens (including phenoxy) is 1. The highest BCUT2D eigenvalue weighted by Gasteiger charge is 2.41. The fourth-order valence-corrected chi connectivity index (χ4v) is 5.19. The van der Waals surface area contributed by atoms with Crippen molar-refractivity contribution >= 4 is 23.4 Å². The Labute approximate surface area is 227 Å². The standard InChI is InChI=1S/C29H34F2N6O2/c1-28(2)19-37(20-10-12-22(13-11-20)39-21-8-6-5-7-9-21)26-24(28)25(32-3)33-23(34-26)18-35(4)27(38)36-16-14-29(30,31)15-17-36/h5-13H,14-19H2,1-4H3,(H,32,33,34). The van der Waals surface area contributed by atoms with Crippen LogP contribution < -0.4 is 15.0 Å². The van der Waals surface area contributed by atoms with Gasteiger partial charge < -0.3 is 24.8 Å². The minimum Gasteiger partial charge on any atom is -0.457 e. The fourth-order valence-electron chi connectivity index (χ4n) is 5.19. The van der Waals surface area contributed by atoms with Gasteiger partial charge in [-0.15, -0.1) is 0 Å². The van der Waals surface area contributed by atoms with Gasteiger partial charge in [0.05, 0.1) is 6.54 Å². The van der Waals surface area contributed by atoms with Crippen LogP contribution in [0.3, 0.4) is 0 Å². The number of nitrogens with one attached hydrogen (secondary N) is 1. The van der Waals surface area contributed by atoms with E-state index in [0.717, 1.165) is 28.6 Å². The van der Waals surface area contributed by atoms with E-state index in [-0.39, 0.29) is 43.9 Å². The van der Waals surface area contributed by atoms with Gasteiger partial charge >= 0.3 is 6.03 Å². The smallest absolute Gasteiger partial charge is 0.320 e. The summed E-state index contributed by atoms with van der Waals surface area (Å²) in [6.07, 6.45) is -0.629. The molecule has 1 N–H and O–H groups in total. The van der Waals surface area contributed by atoms with Gasteiger partial charge in [-0.1, -0.05) is 32.0 Å². The molecule has 1 aromatic heterocycles. The third kappa shape index (κ3) is 5.60. The average molecular weight is 537 g/mol. The molecule has 1 fully saturated rings. The van der Waals surface area contributed by atoms with Crippen molar-refractivity contribution in [2.24, 2.45) is 0 Å². The number of hydrogen-bond acceptors (Lipinski definition) is 6. The quantitative estimate of drug-likeness (QED) is 0.415. The van der Waals surface area contributed by atoms with E-state index in [1.54, 1.807) is 7.05 Å². The Balaban J connectivity index is 1.38. The number of halogens is 2. The molecule has 8 nitrogen and oxygen atoms in total. The number of alkyl halides is 2. The van der Waals surface area contributed by atoms with E-state index in [0.29, 0.717) is 18.2 Å². The second kappa shape index (κ2) is 10.3. The first-order chi connectivity index (χ1) is 18.6. The summed E-state index contributed by atoms with van der Waals surface area (Å²) in [4.78, 5) is 27.7. The second-order valence-electron chi connectivity index (χ2n) is 10.8. The molecule has 10 heteroatoms. The van der Waals surface area contributed by atoms with Crippen molar-refractivity contribution in [3.05, 3.63) is 66.0 Å². The minimum atomic E-state index is -2.71. The molecule has 0 unspecified atom stereocenters. The number of rotatable bonds is 6. The number of nitrogens with zero attached hydrogens (tertiary/aromatic N) is 5. The molecular formula is C29H34F2N6O2. The lowest BCUT2D eigenvalue weighted by Crippen LogP contribution is -2.47. The first kappa shape index (κ1) is 26.6. The summed E-state index contributed by atoms with van der Waals surface area (Å²) in [5.74, 6) is 0.768. The van der Waals surface area contributed by atoms with Crippen LogP contribution in [-0.4, -0.2) is 65.5 Å². The van der Waals surface area contributed by atoms with Gasteiger partial charge in [0, 0.05) is 63.2 Å². The summed E-state index contributed by atoms with van der Waals surface area (Å²) in [7, 11) is 3.47. The number of piperidine rings is 1. The van der Waals surface area contributed by atoms with Crippen molar-refractivity contribution in [2.45, 2.75) is 44.6 Å². The first-order valence-corrected chi connectivity index (χ1v) is 13.1. The Morgan fingerprint density at radius 2 is 1.67 bits per heavy atom. The summed E-state index contributed by atoms with van der Waals surface area (Å²) in [6, 6.07) is 17.2. The zero-order valence-corrected chi connectivity index (χ0v) is 22.7. The highest BCUT2D eigenvalue weighted by molar-refractivity contribution is 5.76. The number of amides is 2. The number of para-hydroxylation sites is 1. The molecule has 5 rings (SSSR count). The molecule has 2 aliphatic heterocycles. The summed E-state index contributed by atoms with van der Waals surface area (Å²) in [5, 5.41) is 3.21. The van der Waals surface area contributed by atoms with E-state index >= 15 is 0 Å². The molecule has 0 aliphatic carbocycles. The van der Waals surface area contributed by atoms with Gasteiger partial charge in [0.2, 0.25) is 0 Å². The van der Waals surface area contributed by atoms with Crippen LogP contribution in [0.15, 0.2) is 54.6 Å². The number of anilines is 3. The minimum absolute atomic E-state index is 0.0366. The Morgan fingerprint density at radius 3 is 2.31 bits per heavy atom. The lowest BCUT2D eigenvalue weighted by molar-refractivity contribution is -0.0489. The Kier molecular flexibility index (Phi) is 7.05. The molecule has 39 heavy (non-hydrogen) atoms. The Hall–Kier alpha value is -3.95. The van der Waals surface area contributed by atoms with Crippen LogP contribution in [0.5, 0.6) is 11.5 Å². The average Bonchev–Trinajstić information content (AvgIpc) is 3.19. The predicted octanol–water partition coefficient (Wildman–Crippen LogP) is 6.02. The molecule has 3 aromatic rings. The van der Waals surface area contributed by atoms with Gasteiger partial charge in [0.25, 0.3) is 5.92 Å². The Bertz CT molecular complexity index is 1320. The van der Waals surface area contributed by atoms with Gasteiger partial charge in [0.1, 0.15) is 23.1 Å². The molecular weight excluding hydrogens is 502 g/mol. The summed E-state index contributed by atoms with van der Waals surface area (Å²) in [6.45, 7) is 5.25. The van der Waals surface area contributed by atoms with E-state index in [2.05, 4.69) is 24.1 Å². The molecule has 0 spiro atoms. The summed E-state index contributed by atoms with van der Waals surface area (Å²) < 4.78 is 33.1. The molecule has 0 atom stereocenters. The Morgan fingerprint density at radius 1 is 1.03 bits per heavy atom. The maximum Gasteiger partial charge on any atom is 0.320 e. The van der Waals surface area contributed by atoms with Crippen molar-refractivity contribution < 1.29 is 18.3 Å². The predicted molar refractivity (Wildman–Crippen MR) is 147 cm³/mol. The zero-order valence-electron chi connectivity index (χ0n) is 22.7. The van der Waals surface area contributed by atoms with Crippen LogP contribution in [0.2, 0.25) is 0 Å². The molecule has 206 valence electrons. The van der Waals surface area contributed by atoms with Gasteiger partial charge in [-0.2, -0.15) is 0 Å². The van der Waals surface area contributed by atoms with Gasteiger partial charge in [-0.3, -0.25) is 0 Å². The van der Waals surface area contributed by atoms with E-state index < -0.39 is 5.92 Å². The molecule has 2 amide bonds. The fraction of sp³-hybridized carbons (Fsp3) is 0.414. The third-order valence-corrected chi connectivity index (χ3v) is 7.26. The number of benzene rings is 2.